The summed E-state index contributed by atoms with van der Waals surface area (Å²) >= 11 is 1.34. The summed E-state index contributed by atoms with van der Waals surface area (Å²) in [5, 5.41) is 0.690. The van der Waals surface area contributed by atoms with Crippen LogP contribution in [0.4, 0.5) is 4.39 Å². The predicted octanol–water partition coefficient (Wildman–Crippen LogP) is 1.51. The van der Waals surface area contributed by atoms with Crippen molar-refractivity contribution in [3.05, 3.63) is 53.7 Å². The lowest BCUT2D eigenvalue weighted by Crippen LogP contribution is -2.30. The highest BCUT2D eigenvalue weighted by molar-refractivity contribution is 7.98. The standard InChI is InChI=1S/C12H11FN4OS/c13-10-2-1-8(12(18)17-14)5-9(10)7-19-11-6-15-3-4-16-11/h1-6H,7,14H2,(H,17,18). The molecular weight excluding hydrogens is 267 g/mol. The van der Waals surface area contributed by atoms with E-state index >= 15 is 0 Å². The number of benzene rings is 1. The van der Waals surface area contributed by atoms with Gasteiger partial charge in [-0.25, -0.2) is 15.2 Å². The third kappa shape index (κ3) is 3.49. The van der Waals surface area contributed by atoms with Crippen molar-refractivity contribution in [2.24, 2.45) is 5.84 Å². The van der Waals surface area contributed by atoms with E-state index in [0.717, 1.165) is 0 Å². The third-order valence-electron chi connectivity index (χ3n) is 2.35. The van der Waals surface area contributed by atoms with Gasteiger partial charge in [0.15, 0.2) is 0 Å². The number of nitrogens with two attached hydrogens (primary N) is 1. The smallest absolute Gasteiger partial charge is 0.265 e. The molecule has 1 heterocycles. The number of amides is 1. The maximum Gasteiger partial charge on any atom is 0.265 e. The number of nitrogens with zero attached hydrogens (tertiary/aromatic N) is 2. The Morgan fingerprint density at radius 1 is 1.42 bits per heavy atom. The Kier molecular flexibility index (Phi) is 4.43. The summed E-state index contributed by atoms with van der Waals surface area (Å²) in [5.41, 5.74) is 2.74. The summed E-state index contributed by atoms with van der Waals surface area (Å²) < 4.78 is 13.6. The van der Waals surface area contributed by atoms with Crippen LogP contribution in [0.25, 0.3) is 0 Å². The molecule has 7 heteroatoms. The quantitative estimate of drug-likeness (QED) is 0.383. The van der Waals surface area contributed by atoms with Crippen LogP contribution in [0.5, 0.6) is 0 Å². The van der Waals surface area contributed by atoms with Crippen LogP contribution in [-0.4, -0.2) is 15.9 Å². The van der Waals surface area contributed by atoms with E-state index in [1.54, 1.807) is 18.6 Å². The molecule has 0 saturated heterocycles. The lowest BCUT2D eigenvalue weighted by molar-refractivity contribution is 0.0953. The average Bonchev–Trinajstić information content (AvgIpc) is 2.46. The van der Waals surface area contributed by atoms with Crippen molar-refractivity contribution >= 4 is 17.7 Å². The van der Waals surface area contributed by atoms with E-state index in [1.165, 1.54) is 30.0 Å². The molecule has 0 atom stereocenters. The summed E-state index contributed by atoms with van der Waals surface area (Å²) in [6, 6.07) is 4.10. The van der Waals surface area contributed by atoms with Crippen LogP contribution < -0.4 is 11.3 Å². The second kappa shape index (κ2) is 6.26. The first-order valence-electron chi connectivity index (χ1n) is 5.39. The number of thioether (sulfide) groups is 1. The number of aromatic nitrogens is 2. The van der Waals surface area contributed by atoms with Crippen LogP contribution in [0, 0.1) is 5.82 Å². The molecule has 1 aromatic heterocycles. The Morgan fingerprint density at radius 2 is 2.26 bits per heavy atom. The maximum atomic E-state index is 13.6. The predicted molar refractivity (Wildman–Crippen MR) is 69.6 cm³/mol. The number of hydrogen-bond donors (Lipinski definition) is 2. The minimum absolute atomic E-state index is 0.318. The van der Waals surface area contributed by atoms with Crippen molar-refractivity contribution in [3.63, 3.8) is 0 Å². The lowest BCUT2D eigenvalue weighted by Gasteiger charge is -2.05. The van der Waals surface area contributed by atoms with E-state index < -0.39 is 5.91 Å². The Morgan fingerprint density at radius 3 is 2.95 bits per heavy atom. The Hall–Kier alpha value is -1.99. The van der Waals surface area contributed by atoms with Crippen LogP contribution in [0.2, 0.25) is 0 Å². The molecule has 1 aromatic carbocycles. The molecule has 3 N–H and O–H groups in total. The molecule has 0 spiro atoms. The molecule has 5 nitrogen and oxygen atoms in total. The molecule has 0 fully saturated rings. The van der Waals surface area contributed by atoms with Gasteiger partial charge in [-0.15, -0.1) is 0 Å². The fraction of sp³-hybridized carbons (Fsp3) is 0.0833. The number of halogens is 1. The Balaban J connectivity index is 2.13. The zero-order chi connectivity index (χ0) is 13.7. The molecule has 19 heavy (non-hydrogen) atoms. The molecule has 1 amide bonds. The van der Waals surface area contributed by atoms with Crippen LogP contribution in [0.15, 0.2) is 41.8 Å². The van der Waals surface area contributed by atoms with Crippen LogP contribution in [0.3, 0.4) is 0 Å². The molecule has 0 saturated carbocycles. The van der Waals surface area contributed by atoms with Crippen LogP contribution in [-0.2, 0) is 5.75 Å². The Bertz CT molecular complexity index is 579. The third-order valence-corrected chi connectivity index (χ3v) is 3.32. The fourth-order valence-corrected chi connectivity index (χ4v) is 2.22. The minimum Gasteiger partial charge on any atom is -0.290 e. The molecular formula is C12H11FN4OS. The van der Waals surface area contributed by atoms with Gasteiger partial charge in [0.05, 0.1) is 6.20 Å². The van der Waals surface area contributed by atoms with Crippen molar-refractivity contribution in [3.8, 4) is 0 Å². The van der Waals surface area contributed by atoms with Gasteiger partial charge in [0.1, 0.15) is 10.8 Å². The van der Waals surface area contributed by atoms with E-state index in [9.17, 15) is 9.18 Å². The highest BCUT2D eigenvalue weighted by atomic mass is 32.2. The monoisotopic (exact) mass is 278 g/mol. The highest BCUT2D eigenvalue weighted by Gasteiger charge is 2.09. The van der Waals surface area contributed by atoms with E-state index in [4.69, 9.17) is 5.84 Å². The van der Waals surface area contributed by atoms with Crippen molar-refractivity contribution in [1.29, 1.82) is 0 Å². The summed E-state index contributed by atoms with van der Waals surface area (Å²) in [5.74, 6) is 4.57. The number of carbonyl (C=O) groups is 1. The van der Waals surface area contributed by atoms with E-state index in [1.807, 2.05) is 5.43 Å². The van der Waals surface area contributed by atoms with Crippen molar-refractivity contribution < 1.29 is 9.18 Å². The van der Waals surface area contributed by atoms with Gasteiger partial charge in [-0.1, -0.05) is 11.8 Å². The van der Waals surface area contributed by atoms with Gasteiger partial charge in [-0.3, -0.25) is 15.2 Å². The van der Waals surface area contributed by atoms with Gasteiger partial charge in [0, 0.05) is 23.7 Å². The van der Waals surface area contributed by atoms with Crippen LogP contribution >= 0.6 is 11.8 Å². The molecule has 0 bridgehead atoms. The van der Waals surface area contributed by atoms with Gasteiger partial charge in [-0.05, 0) is 23.8 Å². The number of nitrogen functional groups attached to an aromatic ring is 1. The first-order chi connectivity index (χ1) is 9.20. The normalized spacial score (nSPS) is 10.2. The fourth-order valence-electron chi connectivity index (χ4n) is 1.42. The molecule has 0 aliphatic heterocycles. The van der Waals surface area contributed by atoms with E-state index in [-0.39, 0.29) is 5.82 Å². The van der Waals surface area contributed by atoms with Gasteiger partial charge >= 0.3 is 0 Å². The molecule has 0 aliphatic carbocycles. The van der Waals surface area contributed by atoms with Crippen molar-refractivity contribution in [2.75, 3.05) is 0 Å². The molecule has 2 aromatic rings. The lowest BCUT2D eigenvalue weighted by atomic mass is 10.1. The minimum atomic E-state index is -0.453. The maximum absolute atomic E-state index is 13.6. The van der Waals surface area contributed by atoms with Gasteiger partial charge in [0.2, 0.25) is 0 Å². The molecule has 98 valence electrons. The number of nitrogens with one attached hydrogen (secondary N) is 1. The van der Waals surface area contributed by atoms with Gasteiger partial charge in [-0.2, -0.15) is 0 Å². The zero-order valence-corrected chi connectivity index (χ0v) is 10.7. The molecule has 0 unspecified atom stereocenters. The SMILES string of the molecule is NNC(=O)c1ccc(F)c(CSc2cnccn2)c1. The number of hydrogen-bond acceptors (Lipinski definition) is 5. The summed E-state index contributed by atoms with van der Waals surface area (Å²) in [6.07, 6.45) is 4.73. The largest absolute Gasteiger partial charge is 0.290 e. The average molecular weight is 278 g/mol. The summed E-state index contributed by atoms with van der Waals surface area (Å²) in [7, 11) is 0. The summed E-state index contributed by atoms with van der Waals surface area (Å²) in [4.78, 5) is 19.4. The van der Waals surface area contributed by atoms with Crippen molar-refractivity contribution in [2.45, 2.75) is 10.8 Å². The van der Waals surface area contributed by atoms with E-state index in [0.29, 0.717) is 21.9 Å². The molecule has 0 radical (unpaired) electrons. The van der Waals surface area contributed by atoms with Crippen molar-refractivity contribution in [1.82, 2.24) is 15.4 Å². The Labute approximate surface area is 113 Å². The summed E-state index contributed by atoms with van der Waals surface area (Å²) in [6.45, 7) is 0. The topological polar surface area (TPSA) is 80.9 Å². The first-order valence-corrected chi connectivity index (χ1v) is 6.37. The molecule has 2 rings (SSSR count). The van der Waals surface area contributed by atoms with Crippen LogP contribution in [0.1, 0.15) is 15.9 Å². The number of rotatable bonds is 4. The first kappa shape index (κ1) is 13.4. The van der Waals surface area contributed by atoms with Gasteiger partial charge < -0.3 is 0 Å². The highest BCUT2D eigenvalue weighted by Crippen LogP contribution is 2.22. The molecule has 0 aliphatic rings. The second-order valence-electron chi connectivity index (χ2n) is 3.61. The van der Waals surface area contributed by atoms with Gasteiger partial charge in [0.25, 0.3) is 5.91 Å². The van der Waals surface area contributed by atoms with E-state index in [2.05, 4.69) is 9.97 Å². The zero-order valence-electron chi connectivity index (χ0n) is 9.84. The second-order valence-corrected chi connectivity index (χ2v) is 4.61. The number of hydrazine groups is 1. The number of carbonyl (C=O) groups excluding carboxylic acids is 1.